The van der Waals surface area contributed by atoms with Gasteiger partial charge in [0.15, 0.2) is 0 Å². The number of allylic oxidation sites excluding steroid dienone is 4. The molecule has 0 heterocycles. The van der Waals surface area contributed by atoms with Gasteiger partial charge in [-0.2, -0.15) is 0 Å². The van der Waals surface area contributed by atoms with Gasteiger partial charge in [-0.3, -0.25) is 9.59 Å². The van der Waals surface area contributed by atoms with Crippen molar-refractivity contribution in [3.05, 3.63) is 24.3 Å². The molecule has 354 valence electrons. The molecule has 0 saturated carbocycles. The summed E-state index contributed by atoms with van der Waals surface area (Å²) in [5.41, 5.74) is -2.12. The van der Waals surface area contributed by atoms with E-state index in [0.717, 1.165) is 116 Å². The molecule has 0 spiro atoms. The summed E-state index contributed by atoms with van der Waals surface area (Å²) in [4.78, 5) is 25.1. The Balaban J connectivity index is 3.97. The molecule has 2 unspecified atom stereocenters. The van der Waals surface area contributed by atoms with Crippen molar-refractivity contribution in [2.45, 2.75) is 297 Å². The summed E-state index contributed by atoms with van der Waals surface area (Å²) in [7, 11) is 0. The van der Waals surface area contributed by atoms with Crippen molar-refractivity contribution in [1.82, 2.24) is 0 Å². The molecule has 6 nitrogen and oxygen atoms in total. The summed E-state index contributed by atoms with van der Waals surface area (Å²) in [6, 6.07) is 0. The highest BCUT2D eigenvalue weighted by Gasteiger charge is 2.27. The number of carbonyl (C=O) groups excluding carboxylic acids is 2. The van der Waals surface area contributed by atoms with E-state index >= 15 is 0 Å². The molecule has 0 amide bonds. The minimum atomic E-state index is -0.621. The monoisotopic (exact) mass is 847 g/mol. The molecule has 2 N–H and O–H groups in total. The highest BCUT2D eigenvalue weighted by Crippen LogP contribution is 2.29. The van der Waals surface area contributed by atoms with Gasteiger partial charge in [-0.25, -0.2) is 0 Å². The first-order chi connectivity index (χ1) is 28.3. The summed E-state index contributed by atoms with van der Waals surface area (Å²) >= 11 is 0. The van der Waals surface area contributed by atoms with Crippen molar-refractivity contribution >= 4 is 11.9 Å². The molecule has 0 radical (unpaired) electrons. The van der Waals surface area contributed by atoms with Crippen molar-refractivity contribution in [2.75, 3.05) is 0 Å². The largest absolute Gasteiger partial charge is 0.460 e. The van der Waals surface area contributed by atoms with E-state index in [-0.39, 0.29) is 11.9 Å². The fraction of sp³-hybridized carbons (Fsp3) is 0.889. The maximum absolute atomic E-state index is 12.6. The molecule has 0 aromatic carbocycles. The Morgan fingerprint density at radius 2 is 0.750 bits per heavy atom. The number of unbranched alkanes of at least 4 members (excludes halogenated alkanes) is 19. The zero-order valence-corrected chi connectivity index (χ0v) is 41.6. The molecule has 6 heteroatoms. The van der Waals surface area contributed by atoms with Crippen LogP contribution in [0.4, 0.5) is 0 Å². The average molecular weight is 847 g/mol. The van der Waals surface area contributed by atoms with Crippen LogP contribution in [-0.2, 0) is 19.1 Å². The number of esters is 2. The maximum Gasteiger partial charge on any atom is 0.306 e. The smallest absolute Gasteiger partial charge is 0.306 e. The van der Waals surface area contributed by atoms with E-state index in [1.54, 1.807) is 0 Å². The Kier molecular flexibility index (Phi) is 33.8. The normalized spacial score (nSPS) is 14.0. The summed E-state index contributed by atoms with van der Waals surface area (Å²) in [6.45, 7) is 20.4. The fourth-order valence-corrected chi connectivity index (χ4v) is 8.31. The average Bonchev–Trinajstić information content (AvgIpc) is 3.14. The predicted octanol–water partition coefficient (Wildman–Crippen LogP) is 16.0. The molecular weight excluding hydrogens is 745 g/mol. The number of aliphatic hydroxyl groups is 2. The Bertz CT molecular complexity index is 1000. The molecule has 0 saturated heterocycles. The number of ether oxygens (including phenoxy) is 2. The zero-order valence-electron chi connectivity index (χ0n) is 41.6. The van der Waals surface area contributed by atoms with Crippen LogP contribution < -0.4 is 0 Å². The second-order valence-corrected chi connectivity index (χ2v) is 20.8. The summed E-state index contributed by atoms with van der Waals surface area (Å²) < 4.78 is 11.7. The third kappa shape index (κ3) is 35.9. The fourth-order valence-electron chi connectivity index (χ4n) is 8.31. The van der Waals surface area contributed by atoms with Crippen molar-refractivity contribution in [1.29, 1.82) is 0 Å². The minimum absolute atomic E-state index is 0.0770. The van der Waals surface area contributed by atoms with E-state index in [9.17, 15) is 19.8 Å². The van der Waals surface area contributed by atoms with E-state index in [1.165, 1.54) is 77.0 Å². The van der Waals surface area contributed by atoms with Gasteiger partial charge in [-0.05, 0) is 157 Å². The third-order valence-electron chi connectivity index (χ3n) is 12.6. The van der Waals surface area contributed by atoms with Gasteiger partial charge in [-0.15, -0.1) is 0 Å². The molecule has 0 fully saturated rings. The quantitative estimate of drug-likeness (QED) is 0.0362. The Morgan fingerprint density at radius 3 is 1.10 bits per heavy atom. The topological polar surface area (TPSA) is 93.1 Å². The summed E-state index contributed by atoms with van der Waals surface area (Å²) in [6.07, 6.45) is 43.3. The van der Waals surface area contributed by atoms with E-state index in [4.69, 9.17) is 9.47 Å². The van der Waals surface area contributed by atoms with Crippen LogP contribution in [0.25, 0.3) is 0 Å². The van der Waals surface area contributed by atoms with E-state index in [2.05, 4.69) is 38.2 Å². The lowest BCUT2D eigenvalue weighted by atomic mass is 9.83. The second-order valence-electron chi connectivity index (χ2n) is 20.8. The van der Waals surface area contributed by atoms with E-state index in [1.807, 2.05) is 55.4 Å². The van der Waals surface area contributed by atoms with Gasteiger partial charge in [0.05, 0.1) is 11.2 Å². The number of hydrogen-bond acceptors (Lipinski definition) is 6. The van der Waals surface area contributed by atoms with Gasteiger partial charge in [0.25, 0.3) is 0 Å². The molecule has 0 rings (SSSR count). The first kappa shape index (κ1) is 58.3. The maximum atomic E-state index is 12.6. The SMILES string of the molecule is CCCCCCC(CC=CCCCCCCCC(=O)OC(C)(C)CCCCCCC(C)(C)OC(=O)CCCCCCCC=CCC(CCCCCC)C(C)(C)O)C(C)(C)O. The highest BCUT2D eigenvalue weighted by molar-refractivity contribution is 5.70. The van der Waals surface area contributed by atoms with Gasteiger partial charge < -0.3 is 19.7 Å². The second kappa shape index (κ2) is 34.8. The van der Waals surface area contributed by atoms with Crippen molar-refractivity contribution in [3.8, 4) is 0 Å². The summed E-state index contributed by atoms with van der Waals surface area (Å²) in [5.74, 6) is 0.503. The van der Waals surface area contributed by atoms with Gasteiger partial charge in [0.2, 0.25) is 0 Å². The van der Waals surface area contributed by atoms with Crippen molar-refractivity contribution in [3.63, 3.8) is 0 Å². The van der Waals surface area contributed by atoms with Crippen LogP contribution in [-0.4, -0.2) is 44.6 Å². The van der Waals surface area contributed by atoms with Gasteiger partial charge in [0.1, 0.15) is 11.2 Å². The van der Waals surface area contributed by atoms with Crippen LogP contribution in [0.3, 0.4) is 0 Å². The number of carbonyl (C=O) groups is 2. The highest BCUT2D eigenvalue weighted by atomic mass is 16.6. The molecular formula is C54H102O6. The van der Waals surface area contributed by atoms with Crippen LogP contribution in [0.5, 0.6) is 0 Å². The van der Waals surface area contributed by atoms with Crippen LogP contribution in [0.1, 0.15) is 275 Å². The number of hydrogen-bond donors (Lipinski definition) is 2. The molecule has 0 aliphatic carbocycles. The number of rotatable bonds is 41. The lowest BCUT2D eigenvalue weighted by molar-refractivity contribution is -0.158. The van der Waals surface area contributed by atoms with Crippen LogP contribution in [0.15, 0.2) is 24.3 Å². The lowest BCUT2D eigenvalue weighted by Crippen LogP contribution is -2.30. The minimum Gasteiger partial charge on any atom is -0.460 e. The lowest BCUT2D eigenvalue weighted by Gasteiger charge is -2.28. The van der Waals surface area contributed by atoms with Gasteiger partial charge in [-0.1, -0.05) is 141 Å². The van der Waals surface area contributed by atoms with E-state index in [0.29, 0.717) is 24.7 Å². The van der Waals surface area contributed by atoms with Crippen LogP contribution in [0.2, 0.25) is 0 Å². The van der Waals surface area contributed by atoms with Crippen LogP contribution >= 0.6 is 0 Å². The predicted molar refractivity (Wildman–Crippen MR) is 257 cm³/mol. The Morgan fingerprint density at radius 1 is 0.433 bits per heavy atom. The standard InChI is InChI=1S/C54H102O6/c1-11-13-15-31-39-47(53(7,8)57)41-33-25-21-17-19-23-27-35-43-49(55)59-51(3,4)45-37-29-30-38-46-52(5,6)60-50(56)44-36-28-24-20-18-22-26-34-42-48(54(9,10)58)40-32-16-14-12-2/h25-26,33-34,47-48,57-58H,11-24,27-32,35-46H2,1-10H3. The van der Waals surface area contributed by atoms with Crippen molar-refractivity contribution in [2.24, 2.45) is 11.8 Å². The molecule has 0 aliphatic rings. The first-order valence-electron chi connectivity index (χ1n) is 25.5. The molecule has 0 aliphatic heterocycles. The molecule has 0 aromatic heterocycles. The Hall–Kier alpha value is -1.66. The molecule has 2 atom stereocenters. The summed E-state index contributed by atoms with van der Waals surface area (Å²) in [5, 5.41) is 21.1. The molecule has 60 heavy (non-hydrogen) atoms. The Labute approximate surface area is 373 Å². The van der Waals surface area contributed by atoms with Crippen molar-refractivity contribution < 1.29 is 29.3 Å². The van der Waals surface area contributed by atoms with Crippen LogP contribution in [0, 0.1) is 11.8 Å². The van der Waals surface area contributed by atoms with Gasteiger partial charge in [0, 0.05) is 12.8 Å². The first-order valence-corrected chi connectivity index (χ1v) is 25.5. The third-order valence-corrected chi connectivity index (χ3v) is 12.6. The zero-order chi connectivity index (χ0) is 45.2. The molecule has 0 aromatic rings. The molecule has 0 bridgehead atoms. The van der Waals surface area contributed by atoms with E-state index < -0.39 is 22.4 Å². The van der Waals surface area contributed by atoms with Gasteiger partial charge >= 0.3 is 11.9 Å².